The maximum absolute atomic E-state index is 11.1. The maximum Gasteiger partial charge on any atom is 0.161 e. The average Bonchev–Trinajstić information content (AvgIpc) is 2.29. The van der Waals surface area contributed by atoms with E-state index in [4.69, 9.17) is 0 Å². The number of aliphatic hydroxyl groups is 1. The summed E-state index contributed by atoms with van der Waals surface area (Å²) >= 11 is 0. The summed E-state index contributed by atoms with van der Waals surface area (Å²) < 4.78 is 0. The molecule has 1 unspecified atom stereocenters. The van der Waals surface area contributed by atoms with E-state index in [2.05, 4.69) is 13.8 Å². The van der Waals surface area contributed by atoms with Crippen molar-refractivity contribution in [2.24, 2.45) is 5.41 Å². The molecular weight excluding hydrogens is 140 g/mol. The summed E-state index contributed by atoms with van der Waals surface area (Å²) in [5, 5.41) is 9.25. The van der Waals surface area contributed by atoms with E-state index in [-0.39, 0.29) is 11.2 Å². The van der Waals surface area contributed by atoms with Crippen LogP contribution in [0.3, 0.4) is 0 Å². The van der Waals surface area contributed by atoms with Crippen molar-refractivity contribution in [3.05, 3.63) is 0 Å². The van der Waals surface area contributed by atoms with E-state index in [0.29, 0.717) is 12.8 Å². The quantitative estimate of drug-likeness (QED) is 0.658. The van der Waals surface area contributed by atoms with Crippen LogP contribution in [0.1, 0.15) is 39.5 Å². The molecule has 0 aromatic rings. The van der Waals surface area contributed by atoms with Gasteiger partial charge in [0.25, 0.3) is 0 Å². The third-order valence-electron chi connectivity index (χ3n) is 3.05. The minimum atomic E-state index is -0.671. The summed E-state index contributed by atoms with van der Waals surface area (Å²) in [5.41, 5.74) is 0.122. The molecule has 0 heterocycles. The minimum Gasteiger partial charge on any atom is -0.385 e. The van der Waals surface area contributed by atoms with Crippen molar-refractivity contribution in [1.29, 1.82) is 0 Å². The summed E-state index contributed by atoms with van der Waals surface area (Å²) in [7, 11) is 0. The number of rotatable bonds is 2. The van der Waals surface area contributed by atoms with Crippen LogP contribution in [-0.2, 0) is 4.79 Å². The molecule has 2 nitrogen and oxygen atoms in total. The Bertz CT molecular complexity index is 159. The lowest BCUT2D eigenvalue weighted by molar-refractivity contribution is -0.124. The Morgan fingerprint density at radius 1 is 1.55 bits per heavy atom. The molecule has 1 fully saturated rings. The summed E-state index contributed by atoms with van der Waals surface area (Å²) in [5.74, 6) is 0.0358. The second-order valence-electron chi connectivity index (χ2n) is 3.57. The first-order valence-corrected chi connectivity index (χ1v) is 4.34. The molecule has 1 N–H and O–H groups in total. The standard InChI is InChI=1S/C9H16O2/c1-3-9(4-2)5-7(10)8(11)6-9/h7,10H,3-6H2,1-2H3. The molecule has 0 aliphatic heterocycles. The highest BCUT2D eigenvalue weighted by atomic mass is 16.3. The number of aliphatic hydroxyl groups excluding tert-OH is 1. The number of carbonyl (C=O) groups is 1. The first-order valence-electron chi connectivity index (χ1n) is 4.34. The van der Waals surface area contributed by atoms with E-state index < -0.39 is 6.10 Å². The lowest BCUT2D eigenvalue weighted by Gasteiger charge is -2.23. The normalized spacial score (nSPS) is 29.4. The van der Waals surface area contributed by atoms with Crippen molar-refractivity contribution in [2.75, 3.05) is 0 Å². The fourth-order valence-electron chi connectivity index (χ4n) is 1.87. The van der Waals surface area contributed by atoms with Crippen LogP contribution in [0.2, 0.25) is 0 Å². The van der Waals surface area contributed by atoms with E-state index in [0.717, 1.165) is 12.8 Å². The first-order chi connectivity index (χ1) is 5.13. The van der Waals surface area contributed by atoms with Gasteiger partial charge < -0.3 is 5.11 Å². The Kier molecular flexibility index (Phi) is 2.33. The van der Waals surface area contributed by atoms with Crippen LogP contribution < -0.4 is 0 Å². The minimum absolute atomic E-state index is 0.0358. The Morgan fingerprint density at radius 2 is 2.09 bits per heavy atom. The smallest absolute Gasteiger partial charge is 0.161 e. The molecule has 0 aromatic carbocycles. The fraction of sp³-hybridized carbons (Fsp3) is 0.889. The van der Waals surface area contributed by atoms with Gasteiger partial charge in [0.2, 0.25) is 0 Å². The van der Waals surface area contributed by atoms with Crippen LogP contribution in [0, 0.1) is 5.41 Å². The maximum atomic E-state index is 11.1. The average molecular weight is 156 g/mol. The van der Waals surface area contributed by atoms with E-state index in [1.165, 1.54) is 0 Å². The zero-order chi connectivity index (χ0) is 8.48. The van der Waals surface area contributed by atoms with Crippen LogP contribution in [0.25, 0.3) is 0 Å². The van der Waals surface area contributed by atoms with Crippen LogP contribution in [0.5, 0.6) is 0 Å². The van der Waals surface area contributed by atoms with Crippen molar-refractivity contribution in [1.82, 2.24) is 0 Å². The molecule has 1 aliphatic rings. The molecule has 1 aliphatic carbocycles. The number of Topliss-reactive ketones (excluding diaryl/α,β-unsaturated/α-hetero) is 1. The van der Waals surface area contributed by atoms with Crippen LogP contribution in [0.15, 0.2) is 0 Å². The van der Waals surface area contributed by atoms with Gasteiger partial charge in [0.05, 0.1) is 0 Å². The highest BCUT2D eigenvalue weighted by Gasteiger charge is 2.40. The van der Waals surface area contributed by atoms with Crippen LogP contribution in [-0.4, -0.2) is 17.0 Å². The number of hydrogen-bond acceptors (Lipinski definition) is 2. The molecule has 1 rings (SSSR count). The monoisotopic (exact) mass is 156 g/mol. The molecule has 0 spiro atoms. The van der Waals surface area contributed by atoms with Gasteiger partial charge in [-0.3, -0.25) is 4.79 Å². The van der Waals surface area contributed by atoms with Crippen molar-refractivity contribution < 1.29 is 9.90 Å². The highest BCUT2D eigenvalue weighted by Crippen LogP contribution is 2.41. The molecule has 2 heteroatoms. The summed E-state index contributed by atoms with van der Waals surface area (Å²) in [6.07, 6.45) is 2.60. The predicted molar refractivity (Wildman–Crippen MR) is 43.3 cm³/mol. The van der Waals surface area contributed by atoms with Gasteiger partial charge in [-0.1, -0.05) is 13.8 Å². The molecule has 0 radical (unpaired) electrons. The second-order valence-corrected chi connectivity index (χ2v) is 3.57. The van der Waals surface area contributed by atoms with E-state index in [1.807, 2.05) is 0 Å². The third-order valence-corrected chi connectivity index (χ3v) is 3.05. The van der Waals surface area contributed by atoms with E-state index in [1.54, 1.807) is 0 Å². The van der Waals surface area contributed by atoms with Crippen LogP contribution in [0.4, 0.5) is 0 Å². The molecule has 0 bridgehead atoms. The highest BCUT2D eigenvalue weighted by molar-refractivity contribution is 5.85. The molecular formula is C9H16O2. The molecule has 1 saturated carbocycles. The summed E-state index contributed by atoms with van der Waals surface area (Å²) in [6, 6.07) is 0. The Hall–Kier alpha value is -0.370. The van der Waals surface area contributed by atoms with Crippen molar-refractivity contribution >= 4 is 5.78 Å². The third kappa shape index (κ3) is 1.45. The Morgan fingerprint density at radius 3 is 2.27 bits per heavy atom. The second kappa shape index (κ2) is 2.94. The fourth-order valence-corrected chi connectivity index (χ4v) is 1.87. The predicted octanol–water partition coefficient (Wildman–Crippen LogP) is 1.52. The van der Waals surface area contributed by atoms with E-state index in [9.17, 15) is 9.90 Å². The molecule has 0 saturated heterocycles. The zero-order valence-electron chi connectivity index (χ0n) is 7.26. The largest absolute Gasteiger partial charge is 0.385 e. The topological polar surface area (TPSA) is 37.3 Å². The van der Waals surface area contributed by atoms with Gasteiger partial charge in [-0.15, -0.1) is 0 Å². The number of ketones is 1. The molecule has 11 heavy (non-hydrogen) atoms. The van der Waals surface area contributed by atoms with Gasteiger partial charge >= 0.3 is 0 Å². The lowest BCUT2D eigenvalue weighted by atomic mass is 9.81. The SMILES string of the molecule is CCC1(CC)CC(=O)C(O)C1. The number of hydrogen-bond donors (Lipinski definition) is 1. The van der Waals surface area contributed by atoms with Gasteiger partial charge in [-0.05, 0) is 24.7 Å². The Labute approximate surface area is 67.6 Å². The van der Waals surface area contributed by atoms with Gasteiger partial charge in [0.15, 0.2) is 5.78 Å². The lowest BCUT2D eigenvalue weighted by Crippen LogP contribution is -2.15. The molecule has 0 aromatic heterocycles. The molecule has 1 atom stereocenters. The van der Waals surface area contributed by atoms with Gasteiger partial charge in [-0.25, -0.2) is 0 Å². The van der Waals surface area contributed by atoms with Gasteiger partial charge in [0, 0.05) is 6.42 Å². The number of carbonyl (C=O) groups excluding carboxylic acids is 1. The van der Waals surface area contributed by atoms with Crippen molar-refractivity contribution in [3.63, 3.8) is 0 Å². The zero-order valence-corrected chi connectivity index (χ0v) is 7.26. The van der Waals surface area contributed by atoms with Crippen molar-refractivity contribution in [2.45, 2.75) is 45.6 Å². The molecule has 0 amide bonds. The summed E-state index contributed by atoms with van der Waals surface area (Å²) in [4.78, 5) is 11.1. The molecule has 64 valence electrons. The van der Waals surface area contributed by atoms with Crippen molar-refractivity contribution in [3.8, 4) is 0 Å². The van der Waals surface area contributed by atoms with Crippen LogP contribution >= 0.6 is 0 Å². The first kappa shape index (κ1) is 8.72. The Balaban J connectivity index is 2.68. The van der Waals surface area contributed by atoms with Gasteiger partial charge in [-0.2, -0.15) is 0 Å². The van der Waals surface area contributed by atoms with E-state index >= 15 is 0 Å². The summed E-state index contributed by atoms with van der Waals surface area (Å²) in [6.45, 7) is 4.18. The van der Waals surface area contributed by atoms with Gasteiger partial charge in [0.1, 0.15) is 6.10 Å².